The molecule has 0 saturated heterocycles. The van der Waals surface area contributed by atoms with Gasteiger partial charge in [-0.3, -0.25) is 4.79 Å². The summed E-state index contributed by atoms with van der Waals surface area (Å²) in [6.45, 7) is 6.12. The second-order valence-electron chi connectivity index (χ2n) is 8.84. The van der Waals surface area contributed by atoms with Gasteiger partial charge in [0.15, 0.2) is 11.5 Å². The molecular weight excluding hydrogens is 478 g/mol. The van der Waals surface area contributed by atoms with Crippen LogP contribution in [-0.4, -0.2) is 30.9 Å². The number of carbonyl (C=O) groups excluding carboxylic acids is 1. The standard InChI is InChI=1S/C30H29N5OS/c1-4-24-26-28(35(34-24)23-17-10-7-11-18-23)32-27(21-14-8-6-9-15-21)33-30(26)37-25(5-2)29(36)31-22-16-12-13-20(3)19-22/h6-19,25H,4-5H2,1-3H3,(H,31,36)/t25-/m1/s1. The molecule has 7 heteroatoms. The van der Waals surface area contributed by atoms with Crippen LogP contribution in [-0.2, 0) is 11.2 Å². The zero-order valence-electron chi connectivity index (χ0n) is 21.2. The topological polar surface area (TPSA) is 72.7 Å². The Kier molecular flexibility index (Phi) is 7.32. The molecule has 2 aromatic heterocycles. The molecule has 0 aliphatic carbocycles. The van der Waals surface area contributed by atoms with Crippen molar-refractivity contribution in [2.75, 3.05) is 5.32 Å². The van der Waals surface area contributed by atoms with Crippen molar-refractivity contribution < 1.29 is 4.79 Å². The van der Waals surface area contributed by atoms with Crippen LogP contribution < -0.4 is 5.32 Å². The van der Waals surface area contributed by atoms with Crippen LogP contribution in [0.5, 0.6) is 0 Å². The predicted molar refractivity (Wildman–Crippen MR) is 151 cm³/mol. The van der Waals surface area contributed by atoms with E-state index < -0.39 is 0 Å². The maximum Gasteiger partial charge on any atom is 0.237 e. The van der Waals surface area contributed by atoms with Crippen LogP contribution in [0.25, 0.3) is 28.1 Å². The van der Waals surface area contributed by atoms with Crippen molar-refractivity contribution in [3.63, 3.8) is 0 Å². The molecule has 5 aromatic rings. The van der Waals surface area contributed by atoms with E-state index in [1.807, 2.05) is 103 Å². The molecule has 2 heterocycles. The zero-order chi connectivity index (χ0) is 25.8. The minimum Gasteiger partial charge on any atom is -0.325 e. The number of hydrogen-bond acceptors (Lipinski definition) is 5. The third kappa shape index (κ3) is 5.27. The van der Waals surface area contributed by atoms with Gasteiger partial charge >= 0.3 is 0 Å². The number of rotatable bonds is 8. The molecule has 186 valence electrons. The van der Waals surface area contributed by atoms with Crippen molar-refractivity contribution in [3.8, 4) is 17.1 Å². The van der Waals surface area contributed by atoms with Gasteiger partial charge in [0.1, 0.15) is 5.03 Å². The molecule has 0 bridgehead atoms. The Morgan fingerprint density at radius 3 is 2.35 bits per heavy atom. The summed E-state index contributed by atoms with van der Waals surface area (Å²) in [6.07, 6.45) is 1.38. The number of para-hydroxylation sites is 1. The highest BCUT2D eigenvalue weighted by Crippen LogP contribution is 2.35. The summed E-state index contributed by atoms with van der Waals surface area (Å²) in [5.41, 5.74) is 5.41. The highest BCUT2D eigenvalue weighted by molar-refractivity contribution is 8.00. The maximum absolute atomic E-state index is 13.3. The fourth-order valence-corrected chi connectivity index (χ4v) is 5.32. The van der Waals surface area contributed by atoms with Gasteiger partial charge in [-0.25, -0.2) is 14.6 Å². The van der Waals surface area contributed by atoms with Gasteiger partial charge < -0.3 is 5.32 Å². The first-order chi connectivity index (χ1) is 18.1. The van der Waals surface area contributed by atoms with Gasteiger partial charge in [-0.2, -0.15) is 5.10 Å². The normalized spacial score (nSPS) is 12.0. The lowest BCUT2D eigenvalue weighted by atomic mass is 10.2. The van der Waals surface area contributed by atoms with Gasteiger partial charge in [-0.15, -0.1) is 0 Å². The molecule has 0 saturated carbocycles. The number of anilines is 1. The number of aryl methyl sites for hydroxylation is 2. The highest BCUT2D eigenvalue weighted by atomic mass is 32.2. The fraction of sp³-hybridized carbons (Fsp3) is 0.200. The van der Waals surface area contributed by atoms with Crippen molar-refractivity contribution in [2.24, 2.45) is 0 Å². The molecule has 3 aromatic carbocycles. The number of benzene rings is 3. The number of hydrogen-bond donors (Lipinski definition) is 1. The Balaban J connectivity index is 1.62. The van der Waals surface area contributed by atoms with Gasteiger partial charge in [0, 0.05) is 11.3 Å². The summed E-state index contributed by atoms with van der Waals surface area (Å²) in [6, 6.07) is 27.8. The summed E-state index contributed by atoms with van der Waals surface area (Å²) >= 11 is 1.48. The van der Waals surface area contributed by atoms with Crippen LogP contribution in [0.1, 0.15) is 31.5 Å². The first kappa shape index (κ1) is 24.7. The second kappa shape index (κ2) is 11.0. The zero-order valence-corrected chi connectivity index (χ0v) is 22.0. The average Bonchev–Trinajstić information content (AvgIpc) is 3.31. The summed E-state index contributed by atoms with van der Waals surface area (Å²) < 4.78 is 1.89. The number of thioether (sulfide) groups is 1. The Bertz CT molecular complexity index is 1530. The van der Waals surface area contributed by atoms with E-state index in [0.29, 0.717) is 12.2 Å². The van der Waals surface area contributed by atoms with E-state index >= 15 is 0 Å². The molecule has 0 aliphatic rings. The van der Waals surface area contributed by atoms with Gasteiger partial charge in [0.2, 0.25) is 5.91 Å². The van der Waals surface area contributed by atoms with Crippen molar-refractivity contribution in [2.45, 2.75) is 43.9 Å². The minimum absolute atomic E-state index is 0.0420. The number of carbonyl (C=O) groups is 1. The molecule has 6 nitrogen and oxygen atoms in total. The number of aromatic nitrogens is 4. The van der Waals surface area contributed by atoms with E-state index in [0.717, 1.165) is 50.7 Å². The van der Waals surface area contributed by atoms with E-state index in [4.69, 9.17) is 15.1 Å². The van der Waals surface area contributed by atoms with E-state index in [9.17, 15) is 4.79 Å². The van der Waals surface area contributed by atoms with Gasteiger partial charge in [0.25, 0.3) is 0 Å². The number of nitrogens with zero attached hydrogens (tertiary/aromatic N) is 4. The Morgan fingerprint density at radius 2 is 1.68 bits per heavy atom. The van der Waals surface area contributed by atoms with Gasteiger partial charge in [-0.1, -0.05) is 86.3 Å². The minimum atomic E-state index is -0.327. The van der Waals surface area contributed by atoms with E-state index in [2.05, 4.69) is 12.2 Å². The Morgan fingerprint density at radius 1 is 0.946 bits per heavy atom. The lowest BCUT2D eigenvalue weighted by Crippen LogP contribution is -2.24. The number of fused-ring (bicyclic) bond motifs is 1. The smallest absolute Gasteiger partial charge is 0.237 e. The molecule has 0 unspecified atom stereocenters. The molecule has 0 spiro atoms. The molecule has 37 heavy (non-hydrogen) atoms. The SMILES string of the molecule is CCc1nn(-c2ccccc2)c2nc(-c3ccccc3)nc(S[C@H](CC)C(=O)Nc3cccc(C)c3)c12. The Labute approximate surface area is 221 Å². The lowest BCUT2D eigenvalue weighted by molar-refractivity contribution is -0.115. The first-order valence-corrected chi connectivity index (χ1v) is 13.4. The first-order valence-electron chi connectivity index (χ1n) is 12.5. The highest BCUT2D eigenvalue weighted by Gasteiger charge is 2.25. The molecule has 0 fully saturated rings. The van der Waals surface area contributed by atoms with Crippen molar-refractivity contribution in [1.29, 1.82) is 0 Å². The predicted octanol–water partition coefficient (Wildman–Crippen LogP) is 6.86. The van der Waals surface area contributed by atoms with Crippen molar-refractivity contribution in [3.05, 3.63) is 96.2 Å². The molecule has 0 radical (unpaired) electrons. The van der Waals surface area contributed by atoms with Crippen LogP contribution in [0, 0.1) is 6.92 Å². The average molecular weight is 508 g/mol. The van der Waals surface area contributed by atoms with Crippen LogP contribution in [0.3, 0.4) is 0 Å². The number of amides is 1. The van der Waals surface area contributed by atoms with E-state index in [1.54, 1.807) is 0 Å². The molecule has 1 amide bonds. The quantitative estimate of drug-likeness (QED) is 0.183. The van der Waals surface area contributed by atoms with Crippen molar-refractivity contribution in [1.82, 2.24) is 19.7 Å². The molecule has 1 N–H and O–H groups in total. The van der Waals surface area contributed by atoms with E-state index in [1.165, 1.54) is 11.8 Å². The summed E-state index contributed by atoms with van der Waals surface area (Å²) in [5, 5.41) is 9.36. The summed E-state index contributed by atoms with van der Waals surface area (Å²) in [4.78, 5) is 23.3. The summed E-state index contributed by atoms with van der Waals surface area (Å²) in [5.74, 6) is 0.573. The van der Waals surface area contributed by atoms with Gasteiger partial charge in [0.05, 0.1) is 22.0 Å². The van der Waals surface area contributed by atoms with Crippen LogP contribution in [0.15, 0.2) is 90.0 Å². The molecule has 5 rings (SSSR count). The Hall–Kier alpha value is -3.97. The number of nitrogens with one attached hydrogen (secondary N) is 1. The van der Waals surface area contributed by atoms with Crippen LogP contribution >= 0.6 is 11.8 Å². The van der Waals surface area contributed by atoms with Gasteiger partial charge in [-0.05, 0) is 49.6 Å². The van der Waals surface area contributed by atoms with Crippen molar-refractivity contribution >= 4 is 34.4 Å². The third-order valence-corrected chi connectivity index (χ3v) is 7.49. The molecule has 1 atom stereocenters. The lowest BCUT2D eigenvalue weighted by Gasteiger charge is -2.16. The van der Waals surface area contributed by atoms with Crippen LogP contribution in [0.4, 0.5) is 5.69 Å². The molecule has 0 aliphatic heterocycles. The maximum atomic E-state index is 13.3. The summed E-state index contributed by atoms with van der Waals surface area (Å²) in [7, 11) is 0. The monoisotopic (exact) mass is 507 g/mol. The third-order valence-electron chi connectivity index (χ3n) is 6.14. The fourth-order valence-electron chi connectivity index (χ4n) is 4.25. The van der Waals surface area contributed by atoms with Crippen LogP contribution in [0.2, 0.25) is 0 Å². The molecular formula is C30H29N5OS. The largest absolute Gasteiger partial charge is 0.325 e. The second-order valence-corrected chi connectivity index (χ2v) is 10.0. The van der Waals surface area contributed by atoms with E-state index in [-0.39, 0.29) is 11.2 Å².